The summed E-state index contributed by atoms with van der Waals surface area (Å²) >= 11 is 0. The number of aromatic amines is 1. The standard InChI is InChI=1S/C8H9F3N2O2/c1-5-2-7(14)13-6(12-5)3-15-4-8(9,10)11/h2H,3-4H2,1H3,(H,12,13,14). The fourth-order valence-corrected chi connectivity index (χ4v) is 0.973. The van der Waals surface area contributed by atoms with Crippen LogP contribution in [0.4, 0.5) is 13.2 Å². The van der Waals surface area contributed by atoms with E-state index >= 15 is 0 Å². The van der Waals surface area contributed by atoms with E-state index in [9.17, 15) is 18.0 Å². The van der Waals surface area contributed by atoms with Crippen molar-refractivity contribution in [2.45, 2.75) is 19.7 Å². The third-order valence-electron chi connectivity index (χ3n) is 1.42. The first kappa shape index (κ1) is 11.7. The predicted molar refractivity (Wildman–Crippen MR) is 45.3 cm³/mol. The average Bonchev–Trinajstić information content (AvgIpc) is 1.99. The molecule has 0 saturated carbocycles. The lowest BCUT2D eigenvalue weighted by Gasteiger charge is -2.06. The summed E-state index contributed by atoms with van der Waals surface area (Å²) in [5, 5.41) is 0. The third kappa shape index (κ3) is 4.59. The monoisotopic (exact) mass is 222 g/mol. The van der Waals surface area contributed by atoms with Gasteiger partial charge < -0.3 is 9.72 Å². The van der Waals surface area contributed by atoms with E-state index in [4.69, 9.17) is 0 Å². The normalized spacial score (nSPS) is 11.7. The van der Waals surface area contributed by atoms with Crippen LogP contribution in [-0.2, 0) is 11.3 Å². The van der Waals surface area contributed by atoms with Gasteiger partial charge in [0, 0.05) is 11.8 Å². The molecule has 0 aliphatic heterocycles. The molecule has 0 fully saturated rings. The highest BCUT2D eigenvalue weighted by Gasteiger charge is 2.27. The lowest BCUT2D eigenvalue weighted by Crippen LogP contribution is -2.18. The van der Waals surface area contributed by atoms with Crippen LogP contribution in [0.15, 0.2) is 10.9 Å². The van der Waals surface area contributed by atoms with Crippen molar-refractivity contribution in [2.24, 2.45) is 0 Å². The summed E-state index contributed by atoms with van der Waals surface area (Å²) in [5.74, 6) is 0.0873. The van der Waals surface area contributed by atoms with Crippen molar-refractivity contribution in [3.05, 3.63) is 27.9 Å². The number of aromatic nitrogens is 2. The number of H-pyrrole nitrogens is 1. The Morgan fingerprint density at radius 3 is 2.73 bits per heavy atom. The minimum Gasteiger partial charge on any atom is -0.364 e. The topological polar surface area (TPSA) is 55.0 Å². The Morgan fingerprint density at radius 2 is 2.20 bits per heavy atom. The van der Waals surface area contributed by atoms with Gasteiger partial charge in [0.1, 0.15) is 19.0 Å². The van der Waals surface area contributed by atoms with Crippen molar-refractivity contribution in [2.75, 3.05) is 6.61 Å². The molecule has 1 aromatic heterocycles. The number of nitrogens with zero attached hydrogens (tertiary/aromatic N) is 1. The fraction of sp³-hybridized carbons (Fsp3) is 0.500. The molecule has 0 radical (unpaired) electrons. The lowest BCUT2D eigenvalue weighted by atomic mass is 10.4. The number of halogens is 3. The summed E-state index contributed by atoms with van der Waals surface area (Å²) < 4.78 is 39.4. The molecule has 0 amide bonds. The van der Waals surface area contributed by atoms with Gasteiger partial charge >= 0.3 is 6.18 Å². The van der Waals surface area contributed by atoms with Gasteiger partial charge in [0.25, 0.3) is 5.56 Å². The molecule has 0 saturated heterocycles. The van der Waals surface area contributed by atoms with Gasteiger partial charge in [0.2, 0.25) is 0 Å². The molecule has 7 heteroatoms. The molecule has 1 aromatic rings. The number of ether oxygens (including phenoxy) is 1. The molecule has 1 rings (SSSR count). The zero-order chi connectivity index (χ0) is 11.5. The van der Waals surface area contributed by atoms with Gasteiger partial charge in [-0.2, -0.15) is 13.2 Å². The van der Waals surface area contributed by atoms with Gasteiger partial charge in [0.15, 0.2) is 0 Å². The van der Waals surface area contributed by atoms with Crippen LogP contribution in [0.25, 0.3) is 0 Å². The van der Waals surface area contributed by atoms with Crippen LogP contribution in [-0.4, -0.2) is 22.8 Å². The van der Waals surface area contributed by atoms with E-state index in [1.54, 1.807) is 6.92 Å². The number of alkyl halides is 3. The summed E-state index contributed by atoms with van der Waals surface area (Å²) in [7, 11) is 0. The highest BCUT2D eigenvalue weighted by atomic mass is 19.4. The molecular weight excluding hydrogens is 213 g/mol. The zero-order valence-corrected chi connectivity index (χ0v) is 7.89. The first-order valence-electron chi connectivity index (χ1n) is 4.08. The Balaban J connectivity index is 2.55. The Bertz CT molecular complexity index is 386. The van der Waals surface area contributed by atoms with Gasteiger partial charge in [-0.15, -0.1) is 0 Å². The van der Waals surface area contributed by atoms with E-state index in [1.165, 1.54) is 6.07 Å². The van der Waals surface area contributed by atoms with Crippen molar-refractivity contribution < 1.29 is 17.9 Å². The molecule has 4 nitrogen and oxygen atoms in total. The third-order valence-corrected chi connectivity index (χ3v) is 1.42. The largest absolute Gasteiger partial charge is 0.411 e. The van der Waals surface area contributed by atoms with E-state index in [2.05, 4.69) is 14.7 Å². The number of aryl methyl sites for hydroxylation is 1. The fourth-order valence-electron chi connectivity index (χ4n) is 0.973. The summed E-state index contributed by atoms with van der Waals surface area (Å²) in [6.07, 6.45) is -4.37. The minimum atomic E-state index is -4.37. The zero-order valence-electron chi connectivity index (χ0n) is 7.89. The van der Waals surface area contributed by atoms with Crippen LogP contribution in [0, 0.1) is 6.92 Å². The molecule has 0 unspecified atom stereocenters. The summed E-state index contributed by atoms with van der Waals surface area (Å²) in [5.41, 5.74) is 0.0254. The molecule has 0 aromatic carbocycles. The maximum Gasteiger partial charge on any atom is 0.411 e. The van der Waals surface area contributed by atoms with Crippen LogP contribution >= 0.6 is 0 Å². The first-order chi connectivity index (χ1) is 6.87. The second kappa shape index (κ2) is 4.43. The number of hydrogen-bond acceptors (Lipinski definition) is 3. The highest BCUT2D eigenvalue weighted by Crippen LogP contribution is 2.14. The summed E-state index contributed by atoms with van der Waals surface area (Å²) in [6.45, 7) is -0.149. The number of rotatable bonds is 3. The van der Waals surface area contributed by atoms with E-state index in [0.717, 1.165) is 0 Å². The molecule has 1 N–H and O–H groups in total. The lowest BCUT2D eigenvalue weighted by molar-refractivity contribution is -0.177. The van der Waals surface area contributed by atoms with Crippen LogP contribution in [0.2, 0.25) is 0 Å². The maximum absolute atomic E-state index is 11.7. The Kier molecular flexibility index (Phi) is 3.46. The van der Waals surface area contributed by atoms with Crippen LogP contribution in [0.1, 0.15) is 11.5 Å². The number of hydrogen-bond donors (Lipinski definition) is 1. The molecule has 15 heavy (non-hydrogen) atoms. The van der Waals surface area contributed by atoms with Gasteiger partial charge in [-0.3, -0.25) is 4.79 Å². The van der Waals surface area contributed by atoms with E-state index in [0.29, 0.717) is 5.69 Å². The molecular formula is C8H9F3N2O2. The summed E-state index contributed by atoms with van der Waals surface area (Å²) in [4.78, 5) is 17.0. The van der Waals surface area contributed by atoms with Crippen LogP contribution < -0.4 is 5.56 Å². The molecule has 0 atom stereocenters. The smallest absolute Gasteiger partial charge is 0.364 e. The minimum absolute atomic E-state index is 0.0873. The Labute approximate surface area is 83.1 Å². The first-order valence-corrected chi connectivity index (χ1v) is 4.08. The summed E-state index contributed by atoms with van der Waals surface area (Å²) in [6, 6.07) is 1.24. The Hall–Kier alpha value is -1.37. The second-order valence-electron chi connectivity index (χ2n) is 2.94. The molecule has 1 heterocycles. The quantitative estimate of drug-likeness (QED) is 0.834. The number of nitrogens with one attached hydrogen (secondary N) is 1. The predicted octanol–water partition coefficient (Wildman–Crippen LogP) is 1.16. The van der Waals surface area contributed by atoms with E-state index in [1.807, 2.05) is 0 Å². The maximum atomic E-state index is 11.7. The van der Waals surface area contributed by atoms with E-state index < -0.39 is 18.3 Å². The highest BCUT2D eigenvalue weighted by molar-refractivity contribution is 4.99. The molecule has 0 aliphatic rings. The van der Waals surface area contributed by atoms with Crippen molar-refractivity contribution in [1.29, 1.82) is 0 Å². The van der Waals surface area contributed by atoms with Crippen molar-refractivity contribution in [3.8, 4) is 0 Å². The molecule has 0 bridgehead atoms. The van der Waals surface area contributed by atoms with Gasteiger partial charge in [-0.25, -0.2) is 4.98 Å². The van der Waals surface area contributed by atoms with Gasteiger partial charge in [-0.05, 0) is 6.92 Å². The van der Waals surface area contributed by atoms with Crippen LogP contribution in [0.5, 0.6) is 0 Å². The molecule has 84 valence electrons. The molecule has 0 aliphatic carbocycles. The SMILES string of the molecule is Cc1cc(=O)[nH]c(COCC(F)(F)F)n1. The van der Waals surface area contributed by atoms with E-state index in [-0.39, 0.29) is 12.4 Å². The molecule has 0 spiro atoms. The Morgan fingerprint density at radius 1 is 1.53 bits per heavy atom. The second-order valence-corrected chi connectivity index (χ2v) is 2.94. The van der Waals surface area contributed by atoms with Crippen molar-refractivity contribution in [3.63, 3.8) is 0 Å². The van der Waals surface area contributed by atoms with Gasteiger partial charge in [-0.1, -0.05) is 0 Å². The average molecular weight is 222 g/mol. The van der Waals surface area contributed by atoms with Crippen molar-refractivity contribution in [1.82, 2.24) is 9.97 Å². The van der Waals surface area contributed by atoms with Crippen LogP contribution in [0.3, 0.4) is 0 Å². The van der Waals surface area contributed by atoms with Gasteiger partial charge in [0.05, 0.1) is 0 Å². The van der Waals surface area contributed by atoms with Crippen molar-refractivity contribution >= 4 is 0 Å².